The molecule has 0 aromatic carbocycles. The van der Waals surface area contributed by atoms with Crippen molar-refractivity contribution in [3.8, 4) is 12.0 Å². The highest BCUT2D eigenvalue weighted by Gasteiger charge is 2.29. The Hall–Kier alpha value is -1.37. The van der Waals surface area contributed by atoms with Gasteiger partial charge in [0.15, 0.2) is 0 Å². The molecule has 0 aliphatic heterocycles. The summed E-state index contributed by atoms with van der Waals surface area (Å²) < 4.78 is 35.9. The van der Waals surface area contributed by atoms with E-state index in [0.717, 1.165) is 13.0 Å². The first-order valence-corrected chi connectivity index (χ1v) is 3.49. The van der Waals surface area contributed by atoms with Crippen LogP contribution in [0, 0.1) is 12.0 Å². The van der Waals surface area contributed by atoms with E-state index in [1.54, 1.807) is 0 Å². The zero-order valence-electron chi connectivity index (χ0n) is 7.20. The Labute approximate surface area is 75.1 Å². The van der Waals surface area contributed by atoms with Crippen molar-refractivity contribution in [1.82, 2.24) is 0 Å². The highest BCUT2D eigenvalue weighted by Crippen LogP contribution is 2.25. The Kier molecular flexibility index (Phi) is 4.12. The number of hydrogen-bond acceptors (Lipinski definition) is 1. The molecule has 0 fully saturated rings. The van der Waals surface area contributed by atoms with Crippen molar-refractivity contribution in [3.63, 3.8) is 0 Å². The van der Waals surface area contributed by atoms with Crippen LogP contribution in [0.5, 0.6) is 0 Å². The molecule has 72 valence electrons. The molecule has 0 radical (unpaired) electrons. The van der Waals surface area contributed by atoms with E-state index in [2.05, 4.69) is 18.5 Å². The third-order valence-electron chi connectivity index (χ3n) is 1.29. The SMILES string of the molecule is C=C(/C=C(\C)C(F)(F)F)CC#CN. The lowest BCUT2D eigenvalue weighted by atomic mass is 10.1. The van der Waals surface area contributed by atoms with Crippen LogP contribution in [0.15, 0.2) is 23.8 Å². The minimum atomic E-state index is -4.29. The van der Waals surface area contributed by atoms with Gasteiger partial charge in [0.2, 0.25) is 0 Å². The summed E-state index contributed by atoms with van der Waals surface area (Å²) in [6, 6.07) is 2.09. The van der Waals surface area contributed by atoms with Crippen LogP contribution in [0.3, 0.4) is 0 Å². The van der Waals surface area contributed by atoms with Gasteiger partial charge in [0.25, 0.3) is 0 Å². The fourth-order valence-electron chi connectivity index (χ4n) is 0.604. The van der Waals surface area contributed by atoms with E-state index < -0.39 is 11.7 Å². The first kappa shape index (κ1) is 11.6. The van der Waals surface area contributed by atoms with Crippen LogP contribution in [-0.4, -0.2) is 6.18 Å². The topological polar surface area (TPSA) is 26.0 Å². The maximum Gasteiger partial charge on any atom is 0.412 e. The Morgan fingerprint density at radius 1 is 1.54 bits per heavy atom. The van der Waals surface area contributed by atoms with E-state index in [9.17, 15) is 13.2 Å². The van der Waals surface area contributed by atoms with Crippen LogP contribution in [-0.2, 0) is 0 Å². The molecule has 0 rings (SSSR count). The third kappa shape index (κ3) is 4.96. The number of alkyl halides is 3. The van der Waals surface area contributed by atoms with Crippen molar-refractivity contribution in [2.24, 2.45) is 5.73 Å². The number of halogens is 3. The second-order valence-electron chi connectivity index (χ2n) is 2.48. The van der Waals surface area contributed by atoms with Crippen molar-refractivity contribution in [2.75, 3.05) is 0 Å². The molecule has 4 heteroatoms. The van der Waals surface area contributed by atoms with Crippen LogP contribution in [0.1, 0.15) is 13.3 Å². The summed E-state index contributed by atoms with van der Waals surface area (Å²) in [6.45, 7) is 4.40. The standard InChI is InChI=1S/C9H10F3N/c1-7(4-3-5-13)6-8(2)9(10,11)12/h6H,1,4,13H2,2H3/b8-6+. The minimum absolute atomic E-state index is 0.157. The van der Waals surface area contributed by atoms with E-state index >= 15 is 0 Å². The number of nitrogens with two attached hydrogens (primary N) is 1. The Morgan fingerprint density at radius 3 is 2.46 bits per heavy atom. The monoisotopic (exact) mass is 189 g/mol. The predicted octanol–water partition coefficient (Wildman–Crippen LogP) is 2.36. The van der Waals surface area contributed by atoms with Gasteiger partial charge in [0, 0.05) is 18.0 Å². The van der Waals surface area contributed by atoms with Gasteiger partial charge >= 0.3 is 6.18 Å². The van der Waals surface area contributed by atoms with Gasteiger partial charge in [-0.2, -0.15) is 13.2 Å². The molecular weight excluding hydrogens is 179 g/mol. The average molecular weight is 189 g/mol. The molecule has 0 bridgehead atoms. The molecule has 0 aliphatic rings. The van der Waals surface area contributed by atoms with Gasteiger partial charge in [-0.05, 0) is 12.5 Å². The molecule has 1 nitrogen and oxygen atoms in total. The van der Waals surface area contributed by atoms with E-state index in [0.29, 0.717) is 5.57 Å². The smallest absolute Gasteiger partial charge is 0.359 e. The highest BCUT2D eigenvalue weighted by atomic mass is 19.4. The second kappa shape index (κ2) is 4.61. The lowest BCUT2D eigenvalue weighted by Gasteiger charge is -2.05. The van der Waals surface area contributed by atoms with E-state index in [1.165, 1.54) is 0 Å². The van der Waals surface area contributed by atoms with Crippen molar-refractivity contribution >= 4 is 0 Å². The average Bonchev–Trinajstić information content (AvgIpc) is 1.99. The summed E-state index contributed by atoms with van der Waals surface area (Å²) in [4.78, 5) is 0. The summed E-state index contributed by atoms with van der Waals surface area (Å²) in [5.74, 6) is 2.42. The van der Waals surface area contributed by atoms with Crippen molar-refractivity contribution in [1.29, 1.82) is 0 Å². The number of rotatable bonds is 2. The molecule has 0 aliphatic carbocycles. The lowest BCUT2D eigenvalue weighted by molar-refractivity contribution is -0.0913. The molecule has 13 heavy (non-hydrogen) atoms. The summed E-state index contributed by atoms with van der Waals surface area (Å²) in [5.41, 5.74) is 4.46. The molecule has 0 atom stereocenters. The molecule has 0 spiro atoms. The van der Waals surface area contributed by atoms with Crippen LogP contribution in [0.4, 0.5) is 13.2 Å². The molecule has 0 aromatic heterocycles. The van der Waals surface area contributed by atoms with Gasteiger partial charge in [0.1, 0.15) is 0 Å². The minimum Gasteiger partial charge on any atom is -0.359 e. The third-order valence-corrected chi connectivity index (χ3v) is 1.29. The van der Waals surface area contributed by atoms with Crippen molar-refractivity contribution in [2.45, 2.75) is 19.5 Å². The molecule has 2 N–H and O–H groups in total. The zero-order chi connectivity index (χ0) is 10.5. The number of hydrogen-bond donors (Lipinski definition) is 1. The van der Waals surface area contributed by atoms with Crippen LogP contribution >= 0.6 is 0 Å². The van der Waals surface area contributed by atoms with E-state index in [-0.39, 0.29) is 6.42 Å². The van der Waals surface area contributed by atoms with Crippen molar-refractivity contribution in [3.05, 3.63) is 23.8 Å². The van der Waals surface area contributed by atoms with Crippen molar-refractivity contribution < 1.29 is 13.2 Å². The molecule has 0 saturated heterocycles. The summed E-state index contributed by atoms with van der Waals surface area (Å²) in [6.07, 6.45) is -3.17. The largest absolute Gasteiger partial charge is 0.412 e. The fourth-order valence-corrected chi connectivity index (χ4v) is 0.604. The molecule has 0 heterocycles. The van der Waals surface area contributed by atoms with E-state index in [4.69, 9.17) is 5.73 Å². The summed E-state index contributed by atoms with van der Waals surface area (Å²) in [5, 5.41) is 0. The van der Waals surface area contributed by atoms with E-state index in [1.807, 2.05) is 0 Å². The Morgan fingerprint density at radius 2 is 2.08 bits per heavy atom. The maximum atomic E-state index is 12.0. The second-order valence-corrected chi connectivity index (χ2v) is 2.48. The summed E-state index contributed by atoms with van der Waals surface area (Å²) >= 11 is 0. The molecule has 0 unspecified atom stereocenters. The maximum absolute atomic E-state index is 12.0. The summed E-state index contributed by atoms with van der Waals surface area (Å²) in [7, 11) is 0. The molecular formula is C9H10F3N. The first-order valence-electron chi connectivity index (χ1n) is 3.49. The normalized spacial score (nSPS) is 11.8. The van der Waals surface area contributed by atoms with Gasteiger partial charge in [-0.3, -0.25) is 0 Å². The molecule has 0 amide bonds. The number of allylic oxidation sites excluding steroid dienone is 3. The quantitative estimate of drug-likeness (QED) is 0.403. The van der Waals surface area contributed by atoms with Crippen LogP contribution in [0.2, 0.25) is 0 Å². The highest BCUT2D eigenvalue weighted by molar-refractivity contribution is 5.26. The molecule has 0 saturated carbocycles. The van der Waals surface area contributed by atoms with Gasteiger partial charge in [-0.25, -0.2) is 0 Å². The van der Waals surface area contributed by atoms with Gasteiger partial charge in [-0.1, -0.05) is 18.6 Å². The Bertz CT molecular complexity index is 275. The Balaban J connectivity index is 4.37. The van der Waals surface area contributed by atoms with Gasteiger partial charge in [0.05, 0.1) is 0 Å². The predicted molar refractivity (Wildman–Crippen MR) is 45.5 cm³/mol. The van der Waals surface area contributed by atoms with Crippen LogP contribution < -0.4 is 5.73 Å². The first-order chi connectivity index (χ1) is 5.88. The fraction of sp³-hybridized carbons (Fsp3) is 0.333. The lowest BCUT2D eigenvalue weighted by Crippen LogP contribution is -2.08. The van der Waals surface area contributed by atoms with Crippen LogP contribution in [0.25, 0.3) is 0 Å². The van der Waals surface area contributed by atoms with Gasteiger partial charge in [-0.15, -0.1) is 0 Å². The van der Waals surface area contributed by atoms with Gasteiger partial charge < -0.3 is 5.73 Å². The molecule has 0 aromatic rings. The zero-order valence-corrected chi connectivity index (χ0v) is 7.20.